The summed E-state index contributed by atoms with van der Waals surface area (Å²) in [5.41, 5.74) is 5.31. The highest BCUT2D eigenvalue weighted by atomic mass is 127. The molecule has 0 amide bonds. The molecule has 0 saturated heterocycles. The highest BCUT2D eigenvalue weighted by Crippen LogP contribution is 2.16. The van der Waals surface area contributed by atoms with E-state index in [1.807, 2.05) is 18.4 Å². The fourth-order valence-corrected chi connectivity index (χ4v) is 2.19. The van der Waals surface area contributed by atoms with Crippen molar-refractivity contribution in [2.24, 2.45) is 0 Å². The van der Waals surface area contributed by atoms with Crippen molar-refractivity contribution in [2.75, 3.05) is 6.54 Å². The SMILES string of the molecule is SC(C[NH+]1C=CC=C(I)[N-]1)c1cnccn1. The third-order valence-electron chi connectivity index (χ3n) is 2.10. The van der Waals surface area contributed by atoms with Gasteiger partial charge in [-0.05, 0) is 6.08 Å². The predicted molar refractivity (Wildman–Crippen MR) is 74.2 cm³/mol. The van der Waals surface area contributed by atoms with Gasteiger partial charge in [0.25, 0.3) is 0 Å². The number of halogens is 1. The summed E-state index contributed by atoms with van der Waals surface area (Å²) < 4.78 is 0.995. The van der Waals surface area contributed by atoms with Gasteiger partial charge in [-0.1, -0.05) is 32.4 Å². The number of nitrogens with one attached hydrogen (secondary N) is 1. The molecule has 16 heavy (non-hydrogen) atoms. The Labute approximate surface area is 113 Å². The molecule has 1 aliphatic rings. The molecular formula is C10H11IN4S. The number of aromatic nitrogens is 2. The second-order valence-electron chi connectivity index (χ2n) is 3.30. The first-order valence-electron chi connectivity index (χ1n) is 4.81. The van der Waals surface area contributed by atoms with Gasteiger partial charge in [-0.25, -0.2) is 0 Å². The molecule has 2 atom stereocenters. The molecule has 4 nitrogen and oxygen atoms in total. The Morgan fingerprint density at radius 2 is 2.38 bits per heavy atom. The number of quaternary nitrogens is 1. The molecule has 2 rings (SSSR count). The van der Waals surface area contributed by atoms with Gasteiger partial charge in [0.15, 0.2) is 0 Å². The minimum Gasteiger partial charge on any atom is -0.478 e. The van der Waals surface area contributed by atoms with Crippen LogP contribution in [0.2, 0.25) is 0 Å². The van der Waals surface area contributed by atoms with E-state index in [0.29, 0.717) is 0 Å². The summed E-state index contributed by atoms with van der Waals surface area (Å²) in [6, 6.07) is 0. The first-order chi connectivity index (χ1) is 7.75. The topological polar surface area (TPSA) is 44.3 Å². The Balaban J connectivity index is 1.96. The van der Waals surface area contributed by atoms with Crippen LogP contribution in [0.25, 0.3) is 5.43 Å². The molecule has 1 N–H and O–H groups in total. The van der Waals surface area contributed by atoms with E-state index in [1.54, 1.807) is 18.6 Å². The van der Waals surface area contributed by atoms with E-state index >= 15 is 0 Å². The van der Waals surface area contributed by atoms with Crippen LogP contribution >= 0.6 is 35.2 Å². The summed E-state index contributed by atoms with van der Waals surface area (Å²) in [6.45, 7) is 0.763. The highest BCUT2D eigenvalue weighted by molar-refractivity contribution is 14.1. The normalized spacial score (nSPS) is 21.1. The second-order valence-corrected chi connectivity index (χ2v) is 5.03. The molecule has 0 fully saturated rings. The minimum atomic E-state index is 0.0411. The van der Waals surface area contributed by atoms with E-state index in [-0.39, 0.29) is 5.25 Å². The molecule has 1 aromatic rings. The summed E-state index contributed by atoms with van der Waals surface area (Å²) in [7, 11) is 0. The molecule has 0 bridgehead atoms. The molecule has 0 spiro atoms. The Hall–Kier alpha value is -0.600. The Kier molecular flexibility index (Phi) is 4.19. The number of nitrogens with zero attached hydrogens (tertiary/aromatic N) is 3. The molecule has 0 saturated carbocycles. The van der Waals surface area contributed by atoms with Crippen LogP contribution in [-0.2, 0) is 0 Å². The Morgan fingerprint density at radius 3 is 3.06 bits per heavy atom. The number of thiol groups is 1. The molecule has 0 aliphatic carbocycles. The van der Waals surface area contributed by atoms with Gasteiger partial charge in [0.2, 0.25) is 0 Å². The van der Waals surface area contributed by atoms with Crippen LogP contribution in [0.15, 0.2) is 40.6 Å². The zero-order chi connectivity index (χ0) is 11.4. The zero-order valence-electron chi connectivity index (χ0n) is 8.42. The minimum absolute atomic E-state index is 0.0411. The van der Waals surface area contributed by atoms with E-state index in [2.05, 4.69) is 50.6 Å². The molecule has 0 aromatic carbocycles. The number of hydrogen-bond donors (Lipinski definition) is 2. The van der Waals surface area contributed by atoms with E-state index in [0.717, 1.165) is 21.0 Å². The fraction of sp³-hybridized carbons (Fsp3) is 0.200. The highest BCUT2D eigenvalue weighted by Gasteiger charge is 2.12. The van der Waals surface area contributed by atoms with Crippen LogP contribution in [0.5, 0.6) is 0 Å². The van der Waals surface area contributed by atoms with Gasteiger partial charge in [0, 0.05) is 18.6 Å². The average Bonchev–Trinajstić information content (AvgIpc) is 2.30. The van der Waals surface area contributed by atoms with Crippen molar-refractivity contribution in [3.63, 3.8) is 0 Å². The van der Waals surface area contributed by atoms with Crippen molar-refractivity contribution in [3.05, 3.63) is 51.8 Å². The van der Waals surface area contributed by atoms with Gasteiger partial charge in [0.1, 0.15) is 0 Å². The molecular weight excluding hydrogens is 335 g/mol. The lowest BCUT2D eigenvalue weighted by Crippen LogP contribution is -3.03. The van der Waals surface area contributed by atoms with E-state index in [1.165, 1.54) is 0 Å². The average molecular weight is 346 g/mol. The smallest absolute Gasteiger partial charge is 0.0947 e. The lowest BCUT2D eigenvalue weighted by atomic mass is 10.3. The maximum Gasteiger partial charge on any atom is 0.0947 e. The Morgan fingerprint density at radius 1 is 1.50 bits per heavy atom. The maximum absolute atomic E-state index is 4.52. The zero-order valence-corrected chi connectivity index (χ0v) is 11.5. The van der Waals surface area contributed by atoms with Crippen LogP contribution in [0.4, 0.5) is 0 Å². The van der Waals surface area contributed by atoms with Crippen molar-refractivity contribution in [2.45, 2.75) is 5.25 Å². The number of allylic oxidation sites excluding steroid dienone is 2. The Bertz CT molecular complexity index is 407. The van der Waals surface area contributed by atoms with Gasteiger partial charge in [-0.15, -0.1) is 0 Å². The maximum atomic E-state index is 4.52. The van der Waals surface area contributed by atoms with Crippen LogP contribution in [-0.4, -0.2) is 16.5 Å². The van der Waals surface area contributed by atoms with Gasteiger partial charge in [0.05, 0.1) is 23.7 Å². The summed E-state index contributed by atoms with van der Waals surface area (Å²) in [5, 5.41) is 1.07. The molecule has 6 heteroatoms. The molecule has 2 unspecified atom stereocenters. The quantitative estimate of drug-likeness (QED) is 0.494. The van der Waals surface area contributed by atoms with E-state index < -0.39 is 0 Å². The van der Waals surface area contributed by atoms with E-state index in [9.17, 15) is 0 Å². The molecule has 84 valence electrons. The van der Waals surface area contributed by atoms with Gasteiger partial charge in [-0.2, -0.15) is 12.6 Å². The first-order valence-corrected chi connectivity index (χ1v) is 6.40. The van der Waals surface area contributed by atoms with Crippen molar-refractivity contribution in [3.8, 4) is 0 Å². The lowest BCUT2D eigenvalue weighted by molar-refractivity contribution is -0.804. The van der Waals surface area contributed by atoms with Crippen LogP contribution in [0.3, 0.4) is 0 Å². The largest absolute Gasteiger partial charge is 0.478 e. The molecule has 1 aliphatic heterocycles. The first kappa shape index (κ1) is 11.9. The molecule has 1 aromatic heterocycles. The predicted octanol–water partition coefficient (Wildman–Crippen LogP) is 1.42. The van der Waals surface area contributed by atoms with Crippen molar-refractivity contribution >= 4 is 35.2 Å². The summed E-state index contributed by atoms with van der Waals surface area (Å²) >= 11 is 6.72. The van der Waals surface area contributed by atoms with Gasteiger partial charge < -0.3 is 10.4 Å². The monoisotopic (exact) mass is 346 g/mol. The van der Waals surface area contributed by atoms with Crippen molar-refractivity contribution < 1.29 is 5.01 Å². The van der Waals surface area contributed by atoms with E-state index in [4.69, 9.17) is 0 Å². The number of hydrogen-bond acceptors (Lipinski definition) is 3. The van der Waals surface area contributed by atoms with Crippen LogP contribution in [0, 0.1) is 0 Å². The summed E-state index contributed by atoms with van der Waals surface area (Å²) in [6.07, 6.45) is 11.1. The molecule has 2 heterocycles. The second kappa shape index (κ2) is 5.65. The molecule has 0 radical (unpaired) electrons. The lowest BCUT2D eigenvalue weighted by Gasteiger charge is -2.32. The summed E-state index contributed by atoms with van der Waals surface area (Å²) in [4.78, 5) is 8.26. The fourth-order valence-electron chi connectivity index (χ4n) is 1.35. The third-order valence-corrected chi connectivity index (χ3v) is 3.15. The van der Waals surface area contributed by atoms with Crippen LogP contribution < -0.4 is 5.01 Å². The third kappa shape index (κ3) is 3.19. The van der Waals surface area contributed by atoms with Crippen molar-refractivity contribution in [1.82, 2.24) is 9.97 Å². The van der Waals surface area contributed by atoms with Gasteiger partial charge in [-0.3, -0.25) is 9.97 Å². The standard InChI is InChI=1S/C10H11IN4S/c11-10-2-1-5-15(14-10)7-9(16)8-6-12-3-4-13-8/h1-6,9,15-16H,7H2. The van der Waals surface area contributed by atoms with Crippen LogP contribution in [0.1, 0.15) is 10.9 Å². The number of rotatable bonds is 3. The summed E-state index contributed by atoms with van der Waals surface area (Å²) in [5.74, 6) is 0. The van der Waals surface area contributed by atoms with Gasteiger partial charge >= 0.3 is 0 Å². The van der Waals surface area contributed by atoms with Crippen molar-refractivity contribution in [1.29, 1.82) is 0 Å².